The van der Waals surface area contributed by atoms with Crippen molar-refractivity contribution in [2.45, 2.75) is 19.1 Å². The average Bonchev–Trinajstić information content (AvgIpc) is 2.92. The molecule has 0 spiro atoms. The Morgan fingerprint density at radius 3 is 2.83 bits per heavy atom. The van der Waals surface area contributed by atoms with E-state index in [2.05, 4.69) is 22.0 Å². The fourth-order valence-electron chi connectivity index (χ4n) is 3.52. The molecule has 1 atom stereocenters. The van der Waals surface area contributed by atoms with Gasteiger partial charge in [-0.25, -0.2) is 8.78 Å². The van der Waals surface area contributed by atoms with Crippen LogP contribution in [0.4, 0.5) is 8.78 Å². The second-order valence-electron chi connectivity index (χ2n) is 6.29. The molecule has 0 amide bonds. The number of nitrogens with zero attached hydrogens (tertiary/aromatic N) is 1. The number of aliphatic hydroxyl groups is 1. The van der Waals surface area contributed by atoms with Gasteiger partial charge in [-0.2, -0.15) is 0 Å². The first-order valence-electron chi connectivity index (χ1n) is 8.05. The van der Waals surface area contributed by atoms with Gasteiger partial charge in [0.2, 0.25) is 0 Å². The molecule has 2 heterocycles. The first-order chi connectivity index (χ1) is 11.6. The van der Waals surface area contributed by atoms with Gasteiger partial charge < -0.3 is 10.1 Å². The summed E-state index contributed by atoms with van der Waals surface area (Å²) in [7, 11) is 0. The molecule has 0 aliphatic carbocycles. The van der Waals surface area contributed by atoms with Crippen molar-refractivity contribution in [3.63, 3.8) is 0 Å². The molecule has 1 aromatic heterocycles. The minimum absolute atomic E-state index is 0.138. The highest BCUT2D eigenvalue weighted by molar-refractivity contribution is 5.84. The van der Waals surface area contributed by atoms with E-state index < -0.39 is 17.7 Å². The molecular weight excluding hydrogens is 310 g/mol. The molecule has 1 aliphatic heterocycles. The lowest BCUT2D eigenvalue weighted by Gasteiger charge is -2.29. The quantitative estimate of drug-likeness (QED) is 0.772. The highest BCUT2D eigenvalue weighted by Gasteiger charge is 2.23. The Bertz CT molecular complexity index is 890. The second-order valence-corrected chi connectivity index (χ2v) is 6.29. The molecule has 5 heteroatoms. The van der Waals surface area contributed by atoms with Gasteiger partial charge in [0.05, 0.1) is 6.10 Å². The predicted octanol–water partition coefficient (Wildman–Crippen LogP) is 3.54. The maximum absolute atomic E-state index is 13.8. The van der Waals surface area contributed by atoms with Crippen LogP contribution in [0, 0.1) is 11.6 Å². The third-order valence-electron chi connectivity index (χ3n) is 4.71. The molecule has 1 aliphatic rings. The Balaban J connectivity index is 1.52. The van der Waals surface area contributed by atoms with E-state index >= 15 is 0 Å². The van der Waals surface area contributed by atoms with E-state index in [9.17, 15) is 13.9 Å². The summed E-state index contributed by atoms with van der Waals surface area (Å²) in [6, 6.07) is 11.5. The number of rotatable bonds is 3. The zero-order valence-electron chi connectivity index (χ0n) is 13.1. The number of aromatic amines is 1. The molecule has 1 unspecified atom stereocenters. The number of benzene rings is 2. The lowest BCUT2D eigenvalue weighted by molar-refractivity contribution is 0.102. The van der Waals surface area contributed by atoms with Crippen molar-refractivity contribution in [2.24, 2.45) is 0 Å². The number of H-pyrrole nitrogens is 1. The molecule has 4 rings (SSSR count). The number of aromatic nitrogens is 1. The average molecular weight is 328 g/mol. The maximum atomic E-state index is 13.8. The van der Waals surface area contributed by atoms with E-state index in [0.29, 0.717) is 13.1 Å². The van der Waals surface area contributed by atoms with Crippen molar-refractivity contribution >= 4 is 10.9 Å². The van der Waals surface area contributed by atoms with Crippen molar-refractivity contribution in [2.75, 3.05) is 13.1 Å². The highest BCUT2D eigenvalue weighted by Crippen LogP contribution is 2.28. The zero-order chi connectivity index (χ0) is 16.7. The molecule has 2 N–H and O–H groups in total. The van der Waals surface area contributed by atoms with Crippen LogP contribution in [-0.4, -0.2) is 28.1 Å². The van der Waals surface area contributed by atoms with E-state index in [1.807, 2.05) is 12.1 Å². The topological polar surface area (TPSA) is 39.3 Å². The van der Waals surface area contributed by atoms with Crippen LogP contribution in [0.3, 0.4) is 0 Å². The summed E-state index contributed by atoms with van der Waals surface area (Å²) in [4.78, 5) is 5.52. The van der Waals surface area contributed by atoms with Crippen LogP contribution < -0.4 is 0 Å². The number of para-hydroxylation sites is 1. The molecule has 0 fully saturated rings. The number of aliphatic hydroxyl groups excluding tert-OH is 1. The molecule has 3 aromatic rings. The Labute approximate surface area is 138 Å². The summed E-state index contributed by atoms with van der Waals surface area (Å²) in [5.41, 5.74) is 3.73. The minimum Gasteiger partial charge on any atom is -0.387 e. The van der Waals surface area contributed by atoms with Crippen LogP contribution in [0.15, 0.2) is 42.5 Å². The van der Waals surface area contributed by atoms with Gasteiger partial charge in [-0.15, -0.1) is 0 Å². The Morgan fingerprint density at radius 1 is 1.17 bits per heavy atom. The normalized spacial score (nSPS) is 16.3. The highest BCUT2D eigenvalue weighted by atomic mass is 19.1. The first kappa shape index (κ1) is 15.3. The Kier molecular flexibility index (Phi) is 3.82. The summed E-state index contributed by atoms with van der Waals surface area (Å²) in [5.74, 6) is -1.34. The summed E-state index contributed by atoms with van der Waals surface area (Å²) in [6.07, 6.45) is -0.0886. The molecule has 0 saturated heterocycles. The van der Waals surface area contributed by atoms with Crippen LogP contribution in [-0.2, 0) is 13.0 Å². The van der Waals surface area contributed by atoms with Gasteiger partial charge in [-0.05, 0) is 24.1 Å². The Hall–Kier alpha value is -2.24. The predicted molar refractivity (Wildman–Crippen MR) is 88.6 cm³/mol. The number of halogens is 2. The van der Waals surface area contributed by atoms with Crippen LogP contribution in [0.25, 0.3) is 10.9 Å². The van der Waals surface area contributed by atoms with Gasteiger partial charge in [0.25, 0.3) is 0 Å². The molecule has 24 heavy (non-hydrogen) atoms. The van der Waals surface area contributed by atoms with Crippen LogP contribution >= 0.6 is 0 Å². The van der Waals surface area contributed by atoms with Gasteiger partial charge in [-0.3, -0.25) is 4.90 Å². The first-order valence-corrected chi connectivity index (χ1v) is 8.05. The summed E-state index contributed by atoms with van der Waals surface area (Å²) in [6.45, 7) is 1.80. The maximum Gasteiger partial charge on any atom is 0.131 e. The van der Waals surface area contributed by atoms with E-state index in [4.69, 9.17) is 0 Å². The van der Waals surface area contributed by atoms with Gasteiger partial charge >= 0.3 is 0 Å². The van der Waals surface area contributed by atoms with Gasteiger partial charge in [0.15, 0.2) is 0 Å². The SMILES string of the molecule is OC(CN1CCc2c([nH]c3ccccc23)C1)c1ccc(F)cc1F. The van der Waals surface area contributed by atoms with Crippen LogP contribution in [0.5, 0.6) is 0 Å². The number of β-amino-alcohol motifs (C(OH)–C–C–N with tert-alkyl or cyclic N) is 1. The third-order valence-corrected chi connectivity index (χ3v) is 4.71. The summed E-state index contributed by atoms with van der Waals surface area (Å²) < 4.78 is 26.8. The molecule has 0 bridgehead atoms. The van der Waals surface area contributed by atoms with Crippen LogP contribution in [0.2, 0.25) is 0 Å². The van der Waals surface area contributed by atoms with Gasteiger partial charge in [0.1, 0.15) is 11.6 Å². The number of nitrogens with one attached hydrogen (secondary N) is 1. The van der Waals surface area contributed by atoms with E-state index in [1.165, 1.54) is 23.1 Å². The molecule has 2 aromatic carbocycles. The van der Waals surface area contributed by atoms with Crippen molar-refractivity contribution in [1.82, 2.24) is 9.88 Å². The van der Waals surface area contributed by atoms with Gasteiger partial charge in [-0.1, -0.05) is 24.3 Å². The smallest absolute Gasteiger partial charge is 0.131 e. The van der Waals surface area contributed by atoms with Crippen LogP contribution in [0.1, 0.15) is 22.9 Å². The fourth-order valence-corrected chi connectivity index (χ4v) is 3.52. The van der Waals surface area contributed by atoms with Crippen molar-refractivity contribution in [1.29, 1.82) is 0 Å². The molecule has 124 valence electrons. The number of hydrogen-bond donors (Lipinski definition) is 2. The van der Waals surface area contributed by atoms with Crippen molar-refractivity contribution in [3.8, 4) is 0 Å². The van der Waals surface area contributed by atoms with Crippen molar-refractivity contribution in [3.05, 3.63) is 70.9 Å². The molecule has 3 nitrogen and oxygen atoms in total. The second kappa shape index (κ2) is 6.00. The lowest BCUT2D eigenvalue weighted by atomic mass is 10.0. The summed E-state index contributed by atoms with van der Waals surface area (Å²) >= 11 is 0. The standard InChI is InChI=1S/C19H18F2N2O/c20-12-5-6-15(16(21)9-12)19(24)11-23-8-7-14-13-3-1-2-4-17(13)22-18(14)10-23/h1-6,9,19,22,24H,7-8,10-11H2. The van der Waals surface area contributed by atoms with E-state index in [-0.39, 0.29) is 5.56 Å². The fraction of sp³-hybridized carbons (Fsp3) is 0.263. The van der Waals surface area contributed by atoms with Crippen molar-refractivity contribution < 1.29 is 13.9 Å². The zero-order valence-corrected chi connectivity index (χ0v) is 13.1. The van der Waals surface area contributed by atoms with E-state index in [0.717, 1.165) is 30.2 Å². The number of fused-ring (bicyclic) bond motifs is 3. The third kappa shape index (κ3) is 2.70. The van der Waals surface area contributed by atoms with Gasteiger partial charge in [0, 0.05) is 47.9 Å². The number of hydrogen-bond acceptors (Lipinski definition) is 2. The Morgan fingerprint density at radius 2 is 2.00 bits per heavy atom. The summed E-state index contributed by atoms with van der Waals surface area (Å²) in [5, 5.41) is 11.6. The monoisotopic (exact) mass is 328 g/mol. The molecule has 0 saturated carbocycles. The lowest BCUT2D eigenvalue weighted by Crippen LogP contribution is -2.34. The largest absolute Gasteiger partial charge is 0.387 e. The molecule has 0 radical (unpaired) electrons. The molecular formula is C19H18F2N2O. The van der Waals surface area contributed by atoms with E-state index in [1.54, 1.807) is 0 Å². The minimum atomic E-state index is -0.975.